The van der Waals surface area contributed by atoms with Gasteiger partial charge in [-0.25, -0.2) is 8.42 Å². The largest absolute Gasteiger partial charge is 0.313 e. The standard InChI is InChI=1S/C13H20BrNO2S2/c1-2-15-12(8-11-7-10(14)9-18-11)13-5-3-4-6-19(13,16)17/h7,9,12-13,15H,2-6,8H2,1H3. The van der Waals surface area contributed by atoms with Crippen LogP contribution in [0.4, 0.5) is 0 Å². The first-order chi connectivity index (χ1) is 9.03. The van der Waals surface area contributed by atoms with Crippen molar-refractivity contribution in [1.29, 1.82) is 0 Å². The third kappa shape index (κ3) is 4.03. The van der Waals surface area contributed by atoms with Gasteiger partial charge in [0.1, 0.15) is 0 Å². The molecule has 0 spiro atoms. The third-order valence-electron chi connectivity index (χ3n) is 3.59. The molecule has 3 nitrogen and oxygen atoms in total. The van der Waals surface area contributed by atoms with E-state index in [1.54, 1.807) is 11.3 Å². The van der Waals surface area contributed by atoms with Gasteiger partial charge in [-0.15, -0.1) is 11.3 Å². The van der Waals surface area contributed by atoms with Crippen LogP contribution < -0.4 is 5.32 Å². The number of halogens is 1. The van der Waals surface area contributed by atoms with Gasteiger partial charge in [0, 0.05) is 20.8 Å². The smallest absolute Gasteiger partial charge is 0.154 e. The molecule has 2 unspecified atom stereocenters. The summed E-state index contributed by atoms with van der Waals surface area (Å²) in [5.74, 6) is 0.355. The van der Waals surface area contributed by atoms with E-state index in [4.69, 9.17) is 0 Å². The van der Waals surface area contributed by atoms with E-state index in [2.05, 4.69) is 27.3 Å². The van der Waals surface area contributed by atoms with Gasteiger partial charge < -0.3 is 5.32 Å². The molecule has 19 heavy (non-hydrogen) atoms. The Morgan fingerprint density at radius 2 is 2.32 bits per heavy atom. The lowest BCUT2D eigenvalue weighted by Crippen LogP contribution is -2.47. The van der Waals surface area contributed by atoms with Crippen LogP contribution in [0.15, 0.2) is 15.9 Å². The van der Waals surface area contributed by atoms with Crippen molar-refractivity contribution < 1.29 is 8.42 Å². The lowest BCUT2D eigenvalue weighted by Gasteiger charge is -2.30. The van der Waals surface area contributed by atoms with Gasteiger partial charge in [-0.05, 0) is 47.8 Å². The first-order valence-electron chi connectivity index (χ1n) is 6.71. The molecule has 6 heteroatoms. The fraction of sp³-hybridized carbons (Fsp3) is 0.692. The van der Waals surface area contributed by atoms with Crippen molar-refractivity contribution in [2.75, 3.05) is 12.3 Å². The first kappa shape index (κ1) is 15.5. The molecule has 2 heterocycles. The van der Waals surface area contributed by atoms with Gasteiger partial charge >= 0.3 is 0 Å². The maximum absolute atomic E-state index is 12.2. The van der Waals surface area contributed by atoms with Gasteiger partial charge in [-0.2, -0.15) is 0 Å². The Bertz CT molecular complexity index is 512. The van der Waals surface area contributed by atoms with E-state index in [9.17, 15) is 8.42 Å². The Hall–Kier alpha value is 0.0900. The number of rotatable bonds is 5. The summed E-state index contributed by atoms with van der Waals surface area (Å²) in [6.45, 7) is 2.84. The highest BCUT2D eigenvalue weighted by molar-refractivity contribution is 9.10. The van der Waals surface area contributed by atoms with Crippen molar-refractivity contribution >= 4 is 37.1 Å². The maximum Gasteiger partial charge on any atom is 0.154 e. The molecule has 1 aromatic heterocycles. The van der Waals surface area contributed by atoms with E-state index in [0.717, 1.165) is 36.7 Å². The average Bonchev–Trinajstić information content (AvgIpc) is 2.74. The van der Waals surface area contributed by atoms with Crippen molar-refractivity contribution in [3.8, 4) is 0 Å². The highest BCUT2D eigenvalue weighted by Gasteiger charge is 2.35. The molecule has 2 rings (SSSR count). The zero-order valence-corrected chi connectivity index (χ0v) is 14.3. The molecule has 1 aromatic rings. The van der Waals surface area contributed by atoms with Crippen LogP contribution in [-0.4, -0.2) is 32.0 Å². The zero-order valence-electron chi connectivity index (χ0n) is 11.1. The second kappa shape index (κ2) is 6.70. The number of thiophene rings is 1. The van der Waals surface area contributed by atoms with Crippen LogP contribution in [0.2, 0.25) is 0 Å². The summed E-state index contributed by atoms with van der Waals surface area (Å²) in [5.41, 5.74) is 0. The van der Waals surface area contributed by atoms with Crippen molar-refractivity contribution in [2.24, 2.45) is 0 Å². The van der Waals surface area contributed by atoms with E-state index in [-0.39, 0.29) is 11.3 Å². The van der Waals surface area contributed by atoms with Crippen molar-refractivity contribution in [3.05, 3.63) is 20.8 Å². The number of nitrogens with one attached hydrogen (secondary N) is 1. The Balaban J connectivity index is 2.14. The van der Waals surface area contributed by atoms with Gasteiger partial charge in [-0.1, -0.05) is 13.3 Å². The number of hydrogen-bond acceptors (Lipinski definition) is 4. The Kier molecular flexibility index (Phi) is 5.45. The predicted molar refractivity (Wildman–Crippen MR) is 84.6 cm³/mol. The molecule has 1 aliphatic rings. The van der Waals surface area contributed by atoms with Crippen LogP contribution in [-0.2, 0) is 16.3 Å². The fourth-order valence-electron chi connectivity index (χ4n) is 2.71. The van der Waals surface area contributed by atoms with Crippen LogP contribution in [0.5, 0.6) is 0 Å². The van der Waals surface area contributed by atoms with Crippen molar-refractivity contribution in [3.63, 3.8) is 0 Å². The van der Waals surface area contributed by atoms with Gasteiger partial charge in [-0.3, -0.25) is 0 Å². The van der Waals surface area contributed by atoms with Crippen LogP contribution in [0.1, 0.15) is 31.1 Å². The molecule has 0 bridgehead atoms. The molecule has 1 N–H and O–H groups in total. The van der Waals surface area contributed by atoms with Crippen LogP contribution in [0.3, 0.4) is 0 Å². The van der Waals surface area contributed by atoms with Crippen LogP contribution >= 0.6 is 27.3 Å². The summed E-state index contributed by atoms with van der Waals surface area (Å²) in [5, 5.41) is 5.21. The second-order valence-electron chi connectivity index (χ2n) is 5.00. The molecule has 0 radical (unpaired) electrons. The van der Waals surface area contributed by atoms with E-state index in [0.29, 0.717) is 5.75 Å². The summed E-state index contributed by atoms with van der Waals surface area (Å²) in [6.07, 6.45) is 3.45. The van der Waals surface area contributed by atoms with Crippen LogP contribution in [0.25, 0.3) is 0 Å². The molecule has 0 amide bonds. The Morgan fingerprint density at radius 1 is 1.53 bits per heavy atom. The monoisotopic (exact) mass is 365 g/mol. The average molecular weight is 366 g/mol. The predicted octanol–water partition coefficient (Wildman–Crippen LogP) is 3.00. The normalized spacial score (nSPS) is 24.2. The minimum atomic E-state index is -2.93. The summed E-state index contributed by atoms with van der Waals surface area (Å²) < 4.78 is 25.6. The molecule has 2 atom stereocenters. The molecule has 0 aromatic carbocycles. The number of sulfone groups is 1. The summed E-state index contributed by atoms with van der Waals surface area (Å²) in [7, 11) is -2.93. The molecule has 0 aliphatic carbocycles. The molecule has 1 aliphatic heterocycles. The topological polar surface area (TPSA) is 46.2 Å². The van der Waals surface area contributed by atoms with E-state index in [1.165, 1.54) is 4.88 Å². The van der Waals surface area contributed by atoms with Crippen molar-refractivity contribution in [1.82, 2.24) is 5.32 Å². The molecule has 108 valence electrons. The van der Waals surface area contributed by atoms with Gasteiger partial charge in [0.25, 0.3) is 0 Å². The lowest BCUT2D eigenvalue weighted by molar-refractivity contribution is 0.442. The highest BCUT2D eigenvalue weighted by Crippen LogP contribution is 2.27. The molecule has 0 saturated carbocycles. The number of hydrogen-bond donors (Lipinski definition) is 1. The molecule has 1 fully saturated rings. The summed E-state index contributed by atoms with van der Waals surface area (Å²) >= 11 is 5.14. The Morgan fingerprint density at radius 3 is 2.89 bits per heavy atom. The minimum Gasteiger partial charge on any atom is -0.313 e. The molecule has 1 saturated heterocycles. The lowest BCUT2D eigenvalue weighted by atomic mass is 10.0. The zero-order chi connectivity index (χ0) is 13.9. The SMILES string of the molecule is CCNC(Cc1cc(Br)cs1)C1CCCCS1(=O)=O. The van der Waals surface area contributed by atoms with Crippen LogP contribution in [0, 0.1) is 0 Å². The van der Waals surface area contributed by atoms with Gasteiger partial charge in [0.2, 0.25) is 0 Å². The summed E-state index contributed by atoms with van der Waals surface area (Å²) in [4.78, 5) is 1.23. The highest BCUT2D eigenvalue weighted by atomic mass is 79.9. The fourth-order valence-corrected chi connectivity index (χ4v) is 6.35. The minimum absolute atomic E-state index is 0.0425. The molecular weight excluding hydrogens is 346 g/mol. The van der Waals surface area contributed by atoms with Crippen molar-refractivity contribution in [2.45, 2.75) is 43.9 Å². The summed E-state index contributed by atoms with van der Waals surface area (Å²) in [6, 6.07) is 2.13. The first-order valence-corrected chi connectivity index (χ1v) is 10.1. The third-order valence-corrected chi connectivity index (χ3v) is 7.65. The van der Waals surface area contributed by atoms with E-state index >= 15 is 0 Å². The molecular formula is C13H20BrNO2S2. The second-order valence-corrected chi connectivity index (χ2v) is 9.25. The van der Waals surface area contributed by atoms with Gasteiger partial charge in [0.05, 0.1) is 11.0 Å². The quantitative estimate of drug-likeness (QED) is 0.872. The van der Waals surface area contributed by atoms with Gasteiger partial charge in [0.15, 0.2) is 9.84 Å². The van der Waals surface area contributed by atoms with E-state index in [1.807, 2.05) is 12.3 Å². The van der Waals surface area contributed by atoms with E-state index < -0.39 is 9.84 Å². The maximum atomic E-state index is 12.2. The number of likely N-dealkylation sites (N-methyl/N-ethyl adjacent to an activating group) is 1. The Labute approximate surface area is 127 Å².